The van der Waals surface area contributed by atoms with Crippen LogP contribution in [0.2, 0.25) is 0 Å². The fraction of sp³-hybridized carbons (Fsp3) is 0.529. The molecular formula is C17H22N4O2S. The van der Waals surface area contributed by atoms with Gasteiger partial charge in [-0.2, -0.15) is 0 Å². The number of rotatable bonds is 5. The third kappa shape index (κ3) is 3.37. The maximum Gasteiger partial charge on any atom is 0.287 e. The molecule has 2 aliphatic rings. The number of hydrogen-bond donors (Lipinski definition) is 2. The van der Waals surface area contributed by atoms with Crippen LogP contribution in [0.4, 0.5) is 0 Å². The number of aryl methyl sites for hydroxylation is 1. The van der Waals surface area contributed by atoms with E-state index >= 15 is 0 Å². The van der Waals surface area contributed by atoms with Crippen molar-refractivity contribution in [1.82, 2.24) is 20.2 Å². The van der Waals surface area contributed by atoms with Crippen molar-refractivity contribution in [2.75, 3.05) is 0 Å². The van der Waals surface area contributed by atoms with Crippen LogP contribution in [0.1, 0.15) is 42.0 Å². The van der Waals surface area contributed by atoms with Crippen LogP contribution in [0.25, 0.3) is 0 Å². The van der Waals surface area contributed by atoms with Gasteiger partial charge in [0, 0.05) is 37.6 Å². The van der Waals surface area contributed by atoms with Crippen molar-refractivity contribution < 1.29 is 9.21 Å². The van der Waals surface area contributed by atoms with Crippen LogP contribution in [-0.4, -0.2) is 33.6 Å². The summed E-state index contributed by atoms with van der Waals surface area (Å²) in [5, 5.41) is 7.65. The van der Waals surface area contributed by atoms with E-state index in [2.05, 4.69) is 15.6 Å². The van der Waals surface area contributed by atoms with Crippen LogP contribution >= 0.6 is 11.8 Å². The van der Waals surface area contributed by atoms with E-state index in [1.807, 2.05) is 23.9 Å². The Morgan fingerprint density at radius 3 is 2.92 bits per heavy atom. The zero-order valence-corrected chi connectivity index (χ0v) is 14.5. The summed E-state index contributed by atoms with van der Waals surface area (Å²) in [7, 11) is 1.96. The molecule has 7 heteroatoms. The van der Waals surface area contributed by atoms with E-state index in [0.717, 1.165) is 23.8 Å². The van der Waals surface area contributed by atoms with Crippen molar-refractivity contribution in [2.45, 2.75) is 54.7 Å². The molecule has 24 heavy (non-hydrogen) atoms. The Labute approximate surface area is 145 Å². The first kappa shape index (κ1) is 15.8. The molecule has 6 nitrogen and oxygen atoms in total. The Morgan fingerprint density at radius 2 is 2.21 bits per heavy atom. The minimum atomic E-state index is -0.102. The van der Waals surface area contributed by atoms with Gasteiger partial charge in [0.25, 0.3) is 5.91 Å². The lowest BCUT2D eigenvalue weighted by molar-refractivity contribution is 0.0894. The molecule has 2 N–H and O–H groups in total. The number of amides is 1. The van der Waals surface area contributed by atoms with Crippen LogP contribution in [0.15, 0.2) is 34.1 Å². The number of nitrogens with zero attached hydrogens (tertiary/aromatic N) is 2. The quantitative estimate of drug-likeness (QED) is 0.813. The second-order valence-electron chi connectivity index (χ2n) is 6.66. The molecule has 0 saturated carbocycles. The summed E-state index contributed by atoms with van der Waals surface area (Å²) in [5.41, 5.74) is 0. The number of piperidine rings is 1. The average Bonchev–Trinajstić information content (AvgIpc) is 3.26. The van der Waals surface area contributed by atoms with Crippen LogP contribution in [0.3, 0.4) is 0 Å². The second-order valence-corrected chi connectivity index (χ2v) is 7.60. The molecule has 2 aliphatic heterocycles. The van der Waals surface area contributed by atoms with E-state index in [-0.39, 0.29) is 11.9 Å². The van der Waals surface area contributed by atoms with Crippen molar-refractivity contribution in [2.24, 2.45) is 7.05 Å². The van der Waals surface area contributed by atoms with Crippen LogP contribution in [-0.2, 0) is 12.8 Å². The van der Waals surface area contributed by atoms with Gasteiger partial charge in [-0.15, -0.1) is 0 Å². The smallest absolute Gasteiger partial charge is 0.287 e. The standard InChI is InChI=1S/C17H22N4O2S/c1-21-7-6-18-17(21)24-10-14-4-5-15(23-14)16(22)20-13-8-11-2-3-12(9-13)19-11/h4-7,11-13,19H,2-3,8-10H2,1H3,(H,20,22). The number of carbonyl (C=O) groups excluding carboxylic acids is 1. The summed E-state index contributed by atoms with van der Waals surface area (Å²) in [5.74, 6) is 1.75. The van der Waals surface area contributed by atoms with Crippen molar-refractivity contribution in [3.8, 4) is 0 Å². The first-order valence-corrected chi connectivity index (χ1v) is 9.41. The largest absolute Gasteiger partial charge is 0.455 e. The first-order chi connectivity index (χ1) is 11.7. The van der Waals surface area contributed by atoms with Gasteiger partial charge in [-0.3, -0.25) is 4.79 Å². The van der Waals surface area contributed by atoms with Gasteiger partial charge >= 0.3 is 0 Å². The normalized spacial score (nSPS) is 25.8. The second kappa shape index (κ2) is 6.64. The molecule has 2 saturated heterocycles. The molecular weight excluding hydrogens is 324 g/mol. The fourth-order valence-corrected chi connectivity index (χ4v) is 4.46. The molecule has 0 radical (unpaired) electrons. The van der Waals surface area contributed by atoms with Gasteiger partial charge in [-0.1, -0.05) is 11.8 Å². The molecule has 2 aromatic rings. The lowest BCUT2D eigenvalue weighted by Crippen LogP contribution is -2.47. The number of furan rings is 1. The summed E-state index contributed by atoms with van der Waals surface area (Å²) < 4.78 is 7.67. The number of hydrogen-bond acceptors (Lipinski definition) is 5. The molecule has 2 aromatic heterocycles. The van der Waals surface area contributed by atoms with Gasteiger partial charge < -0.3 is 19.6 Å². The summed E-state index contributed by atoms with van der Waals surface area (Å²) in [4.78, 5) is 16.7. The highest BCUT2D eigenvalue weighted by atomic mass is 32.2. The molecule has 2 unspecified atom stereocenters. The topological polar surface area (TPSA) is 72.1 Å². The predicted molar refractivity (Wildman–Crippen MR) is 91.9 cm³/mol. The molecule has 0 aliphatic carbocycles. The Bertz CT molecular complexity index is 714. The maximum absolute atomic E-state index is 12.4. The van der Waals surface area contributed by atoms with Crippen LogP contribution < -0.4 is 10.6 Å². The molecule has 0 spiro atoms. The SMILES string of the molecule is Cn1ccnc1SCc1ccc(C(=O)NC2CC3CCC(C2)N3)o1. The van der Waals surface area contributed by atoms with Crippen molar-refractivity contribution in [3.63, 3.8) is 0 Å². The van der Waals surface area contributed by atoms with Gasteiger partial charge in [-0.25, -0.2) is 4.98 Å². The number of imidazole rings is 1. The molecule has 2 fully saturated rings. The number of carbonyl (C=O) groups is 1. The third-order valence-electron chi connectivity index (χ3n) is 4.81. The lowest BCUT2D eigenvalue weighted by atomic mass is 10.00. The van der Waals surface area contributed by atoms with Gasteiger partial charge in [0.2, 0.25) is 0 Å². The summed E-state index contributed by atoms with van der Waals surface area (Å²) >= 11 is 1.59. The first-order valence-electron chi connectivity index (χ1n) is 8.43. The van der Waals surface area contributed by atoms with E-state index in [4.69, 9.17) is 4.42 Å². The number of aromatic nitrogens is 2. The number of nitrogens with one attached hydrogen (secondary N) is 2. The minimum Gasteiger partial charge on any atom is -0.455 e. The monoisotopic (exact) mass is 346 g/mol. The lowest BCUT2D eigenvalue weighted by Gasteiger charge is -2.29. The maximum atomic E-state index is 12.4. The fourth-order valence-electron chi connectivity index (χ4n) is 3.64. The predicted octanol–water partition coefficient (Wildman–Crippen LogP) is 2.32. The number of fused-ring (bicyclic) bond motifs is 2. The zero-order valence-electron chi connectivity index (χ0n) is 13.7. The highest BCUT2D eigenvalue weighted by Gasteiger charge is 2.34. The summed E-state index contributed by atoms with van der Waals surface area (Å²) in [6, 6.07) is 5.02. The van der Waals surface area contributed by atoms with E-state index in [1.54, 1.807) is 24.0 Å². The molecule has 0 aromatic carbocycles. The van der Waals surface area contributed by atoms with Crippen LogP contribution in [0, 0.1) is 0 Å². The molecule has 2 atom stereocenters. The van der Waals surface area contributed by atoms with E-state index < -0.39 is 0 Å². The summed E-state index contributed by atoms with van der Waals surface area (Å²) in [6.07, 6.45) is 8.18. The van der Waals surface area contributed by atoms with Gasteiger partial charge in [0.15, 0.2) is 10.9 Å². The number of thioether (sulfide) groups is 1. The highest BCUT2D eigenvalue weighted by Crippen LogP contribution is 2.27. The molecule has 128 valence electrons. The van der Waals surface area contributed by atoms with E-state index in [9.17, 15) is 4.79 Å². The Kier molecular flexibility index (Phi) is 4.37. The molecule has 4 heterocycles. The summed E-state index contributed by atoms with van der Waals surface area (Å²) in [6.45, 7) is 0. The van der Waals surface area contributed by atoms with Crippen molar-refractivity contribution in [3.05, 3.63) is 36.0 Å². The third-order valence-corrected chi connectivity index (χ3v) is 5.89. The Balaban J connectivity index is 1.32. The molecule has 1 amide bonds. The van der Waals surface area contributed by atoms with Gasteiger partial charge in [-0.05, 0) is 37.8 Å². The minimum absolute atomic E-state index is 0.102. The molecule has 4 rings (SSSR count). The van der Waals surface area contributed by atoms with Gasteiger partial charge in [0.05, 0.1) is 5.75 Å². The zero-order chi connectivity index (χ0) is 16.5. The van der Waals surface area contributed by atoms with E-state index in [1.165, 1.54) is 12.8 Å². The highest BCUT2D eigenvalue weighted by molar-refractivity contribution is 7.98. The van der Waals surface area contributed by atoms with E-state index in [0.29, 0.717) is 23.6 Å². The average molecular weight is 346 g/mol. The Hall–Kier alpha value is -1.73. The van der Waals surface area contributed by atoms with Crippen LogP contribution in [0.5, 0.6) is 0 Å². The van der Waals surface area contributed by atoms with Crippen molar-refractivity contribution >= 4 is 17.7 Å². The van der Waals surface area contributed by atoms with Crippen molar-refractivity contribution in [1.29, 1.82) is 0 Å². The Morgan fingerprint density at radius 1 is 1.42 bits per heavy atom. The molecule has 2 bridgehead atoms. The van der Waals surface area contributed by atoms with Gasteiger partial charge in [0.1, 0.15) is 5.76 Å².